The smallest absolute Gasteiger partial charge is 0.274 e. The van der Waals surface area contributed by atoms with Crippen molar-refractivity contribution in [2.45, 2.75) is 6.54 Å². The molecule has 0 aliphatic heterocycles. The molecule has 0 fully saturated rings. The Balaban J connectivity index is 2.11. The van der Waals surface area contributed by atoms with Crippen LogP contribution in [-0.4, -0.2) is 9.49 Å². The Labute approximate surface area is 124 Å². The van der Waals surface area contributed by atoms with Gasteiger partial charge in [-0.2, -0.15) is 0 Å². The van der Waals surface area contributed by atoms with Gasteiger partial charge in [0.05, 0.1) is 27.6 Å². The maximum Gasteiger partial charge on any atom is 0.274 e. The Morgan fingerprint density at radius 3 is 2.81 bits per heavy atom. The van der Waals surface area contributed by atoms with E-state index >= 15 is 0 Å². The predicted octanol–water partition coefficient (Wildman–Crippen LogP) is 4.39. The van der Waals surface area contributed by atoms with Crippen molar-refractivity contribution in [2.75, 3.05) is 0 Å². The number of fused-ring (bicyclic) bond motifs is 1. The normalized spacial score (nSPS) is 11.0. The first kappa shape index (κ1) is 13.6. The molecule has 0 aliphatic carbocycles. The van der Waals surface area contributed by atoms with E-state index in [1.165, 1.54) is 12.1 Å². The molecule has 0 spiro atoms. The molecule has 0 radical (unpaired) electrons. The van der Waals surface area contributed by atoms with E-state index in [0.717, 1.165) is 17.0 Å². The number of aromatic nitrogens is 1. The molecule has 3 rings (SSSR count). The summed E-state index contributed by atoms with van der Waals surface area (Å²) in [5, 5.41) is 12.5. The van der Waals surface area contributed by atoms with E-state index in [4.69, 9.17) is 11.6 Å². The summed E-state index contributed by atoms with van der Waals surface area (Å²) >= 11 is 6.17. The van der Waals surface area contributed by atoms with E-state index < -0.39 is 10.7 Å². The highest BCUT2D eigenvalue weighted by Crippen LogP contribution is 2.27. The third-order valence-electron chi connectivity index (χ3n) is 3.32. The SMILES string of the molecule is O=[N+]([O-])c1ccc(F)cc1Cn1ccc2cccc(Cl)c21. The van der Waals surface area contributed by atoms with Crippen LogP contribution in [0.5, 0.6) is 0 Å². The second kappa shape index (κ2) is 5.18. The molecule has 4 nitrogen and oxygen atoms in total. The van der Waals surface area contributed by atoms with Crippen LogP contribution in [-0.2, 0) is 6.54 Å². The zero-order chi connectivity index (χ0) is 15.0. The van der Waals surface area contributed by atoms with Crippen molar-refractivity contribution < 1.29 is 9.31 Å². The summed E-state index contributed by atoms with van der Waals surface area (Å²) in [5.41, 5.74) is 0.973. The molecule has 3 aromatic rings. The van der Waals surface area contributed by atoms with E-state index in [9.17, 15) is 14.5 Å². The summed E-state index contributed by atoms with van der Waals surface area (Å²) in [6, 6.07) is 10.8. The number of nitro benzene ring substituents is 1. The summed E-state index contributed by atoms with van der Waals surface area (Å²) in [6.07, 6.45) is 1.78. The highest BCUT2D eigenvalue weighted by Gasteiger charge is 2.16. The number of benzene rings is 2. The first-order valence-corrected chi connectivity index (χ1v) is 6.60. The number of halogens is 2. The lowest BCUT2D eigenvalue weighted by Crippen LogP contribution is -2.03. The Morgan fingerprint density at radius 1 is 1.24 bits per heavy atom. The third-order valence-corrected chi connectivity index (χ3v) is 3.62. The molecule has 0 aliphatic rings. The molecule has 6 heteroatoms. The average molecular weight is 305 g/mol. The fourth-order valence-corrected chi connectivity index (χ4v) is 2.68. The number of nitrogens with zero attached hydrogens (tertiary/aromatic N) is 2. The maximum absolute atomic E-state index is 13.4. The van der Waals surface area contributed by atoms with Crippen LogP contribution in [0.3, 0.4) is 0 Å². The van der Waals surface area contributed by atoms with Gasteiger partial charge < -0.3 is 4.57 Å². The molecule has 21 heavy (non-hydrogen) atoms. The summed E-state index contributed by atoms with van der Waals surface area (Å²) in [4.78, 5) is 10.5. The maximum atomic E-state index is 13.4. The van der Waals surface area contributed by atoms with Gasteiger partial charge in [-0.3, -0.25) is 10.1 Å². The van der Waals surface area contributed by atoms with Gasteiger partial charge in [0, 0.05) is 17.6 Å². The van der Waals surface area contributed by atoms with Gasteiger partial charge in [0.1, 0.15) is 5.82 Å². The van der Waals surface area contributed by atoms with Crippen molar-refractivity contribution in [1.82, 2.24) is 4.57 Å². The molecular formula is C15H10ClFN2O2. The molecule has 106 valence electrons. The molecule has 0 bridgehead atoms. The molecule has 0 N–H and O–H groups in total. The lowest BCUT2D eigenvalue weighted by molar-refractivity contribution is -0.385. The molecule has 1 heterocycles. The van der Waals surface area contributed by atoms with E-state index in [1.54, 1.807) is 16.8 Å². The minimum atomic E-state index is -0.512. The van der Waals surface area contributed by atoms with Crippen LogP contribution in [0, 0.1) is 15.9 Å². The van der Waals surface area contributed by atoms with Gasteiger partial charge in [-0.15, -0.1) is 0 Å². The van der Waals surface area contributed by atoms with Gasteiger partial charge in [-0.25, -0.2) is 4.39 Å². The average Bonchev–Trinajstić information content (AvgIpc) is 2.83. The number of para-hydroxylation sites is 1. The zero-order valence-corrected chi connectivity index (χ0v) is 11.5. The van der Waals surface area contributed by atoms with E-state index in [-0.39, 0.29) is 12.2 Å². The largest absolute Gasteiger partial charge is 0.342 e. The number of hydrogen-bond donors (Lipinski definition) is 0. The Morgan fingerprint density at radius 2 is 2.05 bits per heavy atom. The monoisotopic (exact) mass is 304 g/mol. The van der Waals surface area contributed by atoms with Crippen LogP contribution in [0.4, 0.5) is 10.1 Å². The Bertz CT molecular complexity index is 845. The van der Waals surface area contributed by atoms with E-state index in [2.05, 4.69) is 0 Å². The van der Waals surface area contributed by atoms with Crippen molar-refractivity contribution in [3.05, 3.63) is 75.2 Å². The summed E-state index contributed by atoms with van der Waals surface area (Å²) in [7, 11) is 0. The van der Waals surface area contributed by atoms with Crippen LogP contribution < -0.4 is 0 Å². The molecule has 1 aromatic heterocycles. The van der Waals surface area contributed by atoms with Crippen LogP contribution in [0.1, 0.15) is 5.56 Å². The summed E-state index contributed by atoms with van der Waals surface area (Å²) in [6.45, 7) is 0.182. The van der Waals surface area contributed by atoms with Crippen molar-refractivity contribution in [3.63, 3.8) is 0 Å². The first-order valence-electron chi connectivity index (χ1n) is 6.22. The zero-order valence-electron chi connectivity index (χ0n) is 10.8. The first-order chi connectivity index (χ1) is 10.1. The highest BCUT2D eigenvalue weighted by atomic mass is 35.5. The minimum absolute atomic E-state index is 0.106. The Kier molecular flexibility index (Phi) is 3.35. The lowest BCUT2D eigenvalue weighted by Gasteiger charge is -2.08. The van der Waals surface area contributed by atoms with Crippen molar-refractivity contribution >= 4 is 28.2 Å². The van der Waals surface area contributed by atoms with Crippen molar-refractivity contribution in [3.8, 4) is 0 Å². The molecule has 2 aromatic carbocycles. The summed E-state index contributed by atoms with van der Waals surface area (Å²) < 4.78 is 15.2. The van der Waals surface area contributed by atoms with Gasteiger partial charge in [-0.1, -0.05) is 23.7 Å². The van der Waals surface area contributed by atoms with Gasteiger partial charge in [0.2, 0.25) is 0 Å². The van der Waals surface area contributed by atoms with Gasteiger partial charge in [-0.05, 0) is 24.3 Å². The molecular weight excluding hydrogens is 295 g/mol. The number of nitro groups is 1. The Hall–Kier alpha value is -2.40. The second-order valence-electron chi connectivity index (χ2n) is 4.65. The van der Waals surface area contributed by atoms with E-state index in [0.29, 0.717) is 10.6 Å². The second-order valence-corrected chi connectivity index (χ2v) is 5.06. The molecule has 0 unspecified atom stereocenters. The quantitative estimate of drug-likeness (QED) is 0.532. The van der Waals surface area contributed by atoms with Crippen LogP contribution in [0.15, 0.2) is 48.7 Å². The minimum Gasteiger partial charge on any atom is -0.342 e. The molecule has 0 amide bonds. The third kappa shape index (κ3) is 2.48. The van der Waals surface area contributed by atoms with Gasteiger partial charge in [0.15, 0.2) is 0 Å². The number of rotatable bonds is 3. The van der Waals surface area contributed by atoms with Crippen LogP contribution >= 0.6 is 11.6 Å². The van der Waals surface area contributed by atoms with Crippen molar-refractivity contribution in [1.29, 1.82) is 0 Å². The van der Waals surface area contributed by atoms with Crippen LogP contribution in [0.25, 0.3) is 10.9 Å². The highest BCUT2D eigenvalue weighted by molar-refractivity contribution is 6.35. The van der Waals surface area contributed by atoms with E-state index in [1.807, 2.05) is 18.2 Å². The van der Waals surface area contributed by atoms with Crippen molar-refractivity contribution in [2.24, 2.45) is 0 Å². The molecule has 0 saturated carbocycles. The predicted molar refractivity (Wildman–Crippen MR) is 79.1 cm³/mol. The fraction of sp³-hybridized carbons (Fsp3) is 0.0667. The molecule has 0 saturated heterocycles. The lowest BCUT2D eigenvalue weighted by atomic mass is 10.1. The van der Waals surface area contributed by atoms with Gasteiger partial charge in [0.25, 0.3) is 5.69 Å². The summed E-state index contributed by atoms with van der Waals surface area (Å²) in [5.74, 6) is -0.502. The fourth-order valence-electron chi connectivity index (χ4n) is 2.39. The molecule has 0 atom stereocenters. The topological polar surface area (TPSA) is 48.1 Å². The van der Waals surface area contributed by atoms with Gasteiger partial charge >= 0.3 is 0 Å². The number of hydrogen-bond acceptors (Lipinski definition) is 2. The van der Waals surface area contributed by atoms with Crippen LogP contribution in [0.2, 0.25) is 5.02 Å². The standard InChI is InChI=1S/C15H10ClFN2O2/c16-13-3-1-2-10-6-7-18(15(10)13)9-11-8-12(17)4-5-14(11)19(20)21/h1-8H,9H2.